The second-order valence-electron chi connectivity index (χ2n) is 8.72. The van der Waals surface area contributed by atoms with Crippen molar-refractivity contribution >= 4 is 34.3 Å². The van der Waals surface area contributed by atoms with E-state index in [4.69, 9.17) is 4.74 Å². The lowest BCUT2D eigenvalue weighted by atomic mass is 10.1. The Morgan fingerprint density at radius 2 is 1.89 bits per heavy atom. The van der Waals surface area contributed by atoms with Crippen LogP contribution in [0.3, 0.4) is 0 Å². The van der Waals surface area contributed by atoms with E-state index in [1.54, 1.807) is 17.8 Å². The maximum absolute atomic E-state index is 12.9. The highest BCUT2D eigenvalue weighted by atomic mass is 16.5. The van der Waals surface area contributed by atoms with Crippen LogP contribution >= 0.6 is 0 Å². The minimum Gasteiger partial charge on any atom is -0.464 e. The van der Waals surface area contributed by atoms with E-state index in [-0.39, 0.29) is 18.0 Å². The molecule has 0 spiro atoms. The van der Waals surface area contributed by atoms with Crippen LogP contribution in [-0.2, 0) is 36.1 Å². The van der Waals surface area contributed by atoms with Crippen LogP contribution in [0.15, 0.2) is 42.6 Å². The zero-order valence-electron chi connectivity index (χ0n) is 21.4. The molecule has 1 amide bonds. The molecule has 9 heteroatoms. The predicted molar refractivity (Wildman–Crippen MR) is 140 cm³/mol. The molecule has 0 bridgehead atoms. The number of methoxy groups -OCH3 is 1. The van der Waals surface area contributed by atoms with Gasteiger partial charge in [0.15, 0.2) is 5.69 Å². The van der Waals surface area contributed by atoms with Crippen molar-refractivity contribution in [1.29, 1.82) is 0 Å². The topological polar surface area (TPSA) is 103 Å². The third kappa shape index (κ3) is 4.95. The molecular weight excluding hydrogens is 456 g/mol. The van der Waals surface area contributed by atoms with Gasteiger partial charge in [0.1, 0.15) is 5.65 Å². The van der Waals surface area contributed by atoms with Gasteiger partial charge in [0.25, 0.3) is 0 Å². The molecule has 188 valence electrons. The van der Waals surface area contributed by atoms with E-state index in [0.717, 1.165) is 34.7 Å². The molecule has 0 unspecified atom stereocenters. The number of ether oxygens (including phenoxy) is 1. The summed E-state index contributed by atoms with van der Waals surface area (Å²) in [7, 11) is 3.06. The van der Waals surface area contributed by atoms with Crippen LogP contribution in [0.1, 0.15) is 46.3 Å². The number of anilines is 2. The highest BCUT2D eigenvalue weighted by Crippen LogP contribution is 2.32. The number of pyridine rings is 1. The van der Waals surface area contributed by atoms with Crippen LogP contribution in [0.25, 0.3) is 11.0 Å². The summed E-state index contributed by atoms with van der Waals surface area (Å²) in [5.74, 6) is -0.727. The quantitative estimate of drug-likeness (QED) is 0.339. The minimum atomic E-state index is -0.540. The molecule has 36 heavy (non-hydrogen) atoms. The van der Waals surface area contributed by atoms with Crippen molar-refractivity contribution in [3.8, 4) is 0 Å². The molecular formula is C27H32N6O3. The fourth-order valence-corrected chi connectivity index (χ4v) is 4.46. The van der Waals surface area contributed by atoms with Crippen molar-refractivity contribution in [2.75, 3.05) is 17.7 Å². The van der Waals surface area contributed by atoms with E-state index in [1.165, 1.54) is 7.11 Å². The lowest BCUT2D eigenvalue weighted by molar-refractivity contribution is -0.116. The first-order chi connectivity index (χ1) is 17.3. The number of amides is 1. The number of hydrogen-bond acceptors (Lipinski definition) is 6. The second kappa shape index (κ2) is 10.6. The second-order valence-corrected chi connectivity index (χ2v) is 8.72. The Morgan fingerprint density at radius 3 is 2.56 bits per heavy atom. The number of benzene rings is 1. The zero-order valence-corrected chi connectivity index (χ0v) is 21.4. The first kappa shape index (κ1) is 25.0. The van der Waals surface area contributed by atoms with Gasteiger partial charge in [-0.1, -0.05) is 30.3 Å². The number of fused-ring (bicyclic) bond motifs is 1. The largest absolute Gasteiger partial charge is 0.464 e. The van der Waals surface area contributed by atoms with E-state index in [2.05, 4.69) is 34.6 Å². The van der Waals surface area contributed by atoms with Crippen LogP contribution in [0.2, 0.25) is 0 Å². The van der Waals surface area contributed by atoms with Crippen LogP contribution in [0.5, 0.6) is 0 Å². The number of rotatable bonds is 9. The summed E-state index contributed by atoms with van der Waals surface area (Å²) in [6, 6.07) is 11.7. The number of esters is 1. The molecule has 4 rings (SSSR count). The lowest BCUT2D eigenvalue weighted by Gasteiger charge is -2.09. The summed E-state index contributed by atoms with van der Waals surface area (Å²) in [4.78, 5) is 30.1. The van der Waals surface area contributed by atoms with Gasteiger partial charge in [-0.2, -0.15) is 5.10 Å². The van der Waals surface area contributed by atoms with E-state index in [9.17, 15) is 9.59 Å². The molecule has 3 heterocycles. The van der Waals surface area contributed by atoms with E-state index >= 15 is 0 Å². The van der Waals surface area contributed by atoms with Crippen LogP contribution in [0, 0.1) is 13.8 Å². The maximum Gasteiger partial charge on any atom is 0.356 e. The van der Waals surface area contributed by atoms with Crippen molar-refractivity contribution in [3.63, 3.8) is 0 Å². The average Bonchev–Trinajstić information content (AvgIpc) is 3.32. The number of carbonyl (C=O) groups is 2. The monoisotopic (exact) mass is 488 g/mol. The SMILES string of the molecule is CCn1nc(C)c(CNc2cnc3c(c2)c(NC(=O)CCc2ccccc2)c(C(=O)OC)n3C)c1C. The Balaban J connectivity index is 1.62. The van der Waals surface area contributed by atoms with Gasteiger partial charge in [0.05, 0.1) is 30.4 Å². The summed E-state index contributed by atoms with van der Waals surface area (Å²) < 4.78 is 8.64. The Morgan fingerprint density at radius 1 is 1.14 bits per heavy atom. The van der Waals surface area contributed by atoms with Crippen molar-refractivity contribution in [1.82, 2.24) is 19.3 Å². The van der Waals surface area contributed by atoms with Crippen molar-refractivity contribution in [2.24, 2.45) is 7.05 Å². The van der Waals surface area contributed by atoms with Crippen molar-refractivity contribution in [2.45, 2.75) is 46.7 Å². The van der Waals surface area contributed by atoms with Crippen LogP contribution < -0.4 is 10.6 Å². The molecule has 9 nitrogen and oxygen atoms in total. The minimum absolute atomic E-state index is 0.187. The predicted octanol–water partition coefficient (Wildman–Crippen LogP) is 4.38. The molecule has 0 aliphatic rings. The van der Waals surface area contributed by atoms with Gasteiger partial charge in [-0.3, -0.25) is 9.48 Å². The molecule has 0 aliphatic heterocycles. The number of carbonyl (C=O) groups excluding carboxylic acids is 2. The van der Waals surface area contributed by atoms with Crippen LogP contribution in [-0.4, -0.2) is 38.3 Å². The molecule has 0 saturated carbocycles. The van der Waals surface area contributed by atoms with E-state index < -0.39 is 5.97 Å². The molecule has 0 atom stereocenters. The number of aryl methyl sites for hydroxylation is 4. The third-order valence-corrected chi connectivity index (χ3v) is 6.45. The molecule has 0 radical (unpaired) electrons. The molecule has 3 aromatic heterocycles. The molecule has 0 aliphatic carbocycles. The van der Waals surface area contributed by atoms with E-state index in [1.807, 2.05) is 48.0 Å². The number of aromatic nitrogens is 4. The molecule has 0 fully saturated rings. The standard InChI is InChI=1S/C27H32N6O3/c1-6-33-18(3)22(17(2)31-33)16-28-20-14-21-24(25(27(35)36-5)32(4)26(21)29-15-20)30-23(34)13-12-19-10-8-7-9-11-19/h7-11,14-15,28H,6,12-13,16H2,1-5H3,(H,30,34). The van der Waals surface area contributed by atoms with Gasteiger partial charge in [-0.25, -0.2) is 9.78 Å². The maximum atomic E-state index is 12.9. The Kier molecular flexibility index (Phi) is 7.38. The normalized spacial score (nSPS) is 11.0. The third-order valence-electron chi connectivity index (χ3n) is 6.45. The van der Waals surface area contributed by atoms with Gasteiger partial charge in [0, 0.05) is 43.2 Å². The van der Waals surface area contributed by atoms with Crippen molar-refractivity contribution in [3.05, 3.63) is 70.8 Å². The first-order valence-corrected chi connectivity index (χ1v) is 12.0. The smallest absolute Gasteiger partial charge is 0.356 e. The zero-order chi connectivity index (χ0) is 25.8. The lowest BCUT2D eigenvalue weighted by Crippen LogP contribution is -2.16. The average molecular weight is 489 g/mol. The van der Waals surface area contributed by atoms with Gasteiger partial charge in [-0.05, 0) is 38.8 Å². The van der Waals surface area contributed by atoms with E-state index in [0.29, 0.717) is 29.7 Å². The van der Waals surface area contributed by atoms with Gasteiger partial charge in [-0.15, -0.1) is 0 Å². The highest BCUT2D eigenvalue weighted by molar-refractivity contribution is 6.11. The molecule has 1 aromatic carbocycles. The Hall–Kier alpha value is -4.14. The molecule has 4 aromatic rings. The summed E-state index contributed by atoms with van der Waals surface area (Å²) in [6.07, 6.45) is 2.60. The van der Waals surface area contributed by atoms with Gasteiger partial charge >= 0.3 is 5.97 Å². The van der Waals surface area contributed by atoms with Crippen LogP contribution in [0.4, 0.5) is 11.4 Å². The summed E-state index contributed by atoms with van der Waals surface area (Å²) in [5.41, 5.74) is 6.31. The van der Waals surface area contributed by atoms with Gasteiger partial charge in [0.2, 0.25) is 5.91 Å². The number of nitrogens with zero attached hydrogens (tertiary/aromatic N) is 4. The fourth-order valence-electron chi connectivity index (χ4n) is 4.46. The molecule has 0 saturated heterocycles. The highest BCUT2D eigenvalue weighted by Gasteiger charge is 2.24. The molecule has 2 N–H and O–H groups in total. The fraction of sp³-hybridized carbons (Fsp3) is 0.333. The van der Waals surface area contributed by atoms with Crippen molar-refractivity contribution < 1.29 is 14.3 Å². The summed E-state index contributed by atoms with van der Waals surface area (Å²) >= 11 is 0. The summed E-state index contributed by atoms with van der Waals surface area (Å²) in [6.45, 7) is 7.53. The number of nitrogens with one attached hydrogen (secondary N) is 2. The number of hydrogen-bond donors (Lipinski definition) is 2. The van der Waals surface area contributed by atoms with Gasteiger partial charge < -0.3 is 19.9 Å². The Bertz CT molecular complexity index is 1400. The first-order valence-electron chi connectivity index (χ1n) is 12.0. The Labute approximate surface area is 210 Å². The summed E-state index contributed by atoms with van der Waals surface area (Å²) in [5, 5.41) is 11.6.